The van der Waals surface area contributed by atoms with Gasteiger partial charge in [-0.1, -0.05) is 23.2 Å². The first-order valence-electron chi connectivity index (χ1n) is 4.73. The number of halogens is 2. The maximum Gasteiger partial charge on any atom is 0.101 e. The third kappa shape index (κ3) is 2.33. The summed E-state index contributed by atoms with van der Waals surface area (Å²) in [4.78, 5) is 4.14. The van der Waals surface area contributed by atoms with Crippen LogP contribution in [-0.2, 0) is 0 Å². The molecule has 1 aromatic heterocycles. The minimum Gasteiger partial charge on any atom is -0.396 e. The van der Waals surface area contributed by atoms with Gasteiger partial charge in [0.2, 0.25) is 0 Å². The second-order valence-corrected chi connectivity index (χ2v) is 4.24. The molecule has 84 valence electrons. The quantitative estimate of drug-likeness (QED) is 0.857. The lowest BCUT2D eigenvalue weighted by molar-refractivity contribution is 1.31. The molecule has 1 heterocycles. The number of benzene rings is 1. The first-order chi connectivity index (χ1) is 8.11. The summed E-state index contributed by atoms with van der Waals surface area (Å²) < 4.78 is 0. The van der Waals surface area contributed by atoms with Crippen LogP contribution >= 0.6 is 23.2 Å². The number of hydrogen-bond donors (Lipinski definition) is 1. The number of pyridine rings is 1. The lowest BCUT2D eigenvalue weighted by Gasteiger charge is -2.05. The highest BCUT2D eigenvalue weighted by molar-refractivity contribution is 6.36. The van der Waals surface area contributed by atoms with Crippen molar-refractivity contribution in [2.45, 2.75) is 0 Å². The molecule has 0 atom stereocenters. The Balaban J connectivity index is 2.58. The van der Waals surface area contributed by atoms with Crippen molar-refractivity contribution in [2.24, 2.45) is 0 Å². The zero-order valence-electron chi connectivity index (χ0n) is 8.61. The molecule has 0 aliphatic heterocycles. The highest BCUT2D eigenvalue weighted by Gasteiger charge is 2.08. The van der Waals surface area contributed by atoms with E-state index in [0.717, 1.165) is 0 Å². The fraction of sp³-hybridized carbons (Fsp3) is 0. The molecule has 3 nitrogen and oxygen atoms in total. The van der Waals surface area contributed by atoms with Gasteiger partial charge < -0.3 is 5.73 Å². The van der Waals surface area contributed by atoms with Gasteiger partial charge in [-0.2, -0.15) is 5.26 Å². The topological polar surface area (TPSA) is 62.7 Å². The summed E-state index contributed by atoms with van der Waals surface area (Å²) in [6.45, 7) is 0. The standard InChI is InChI=1S/C12H7Cl2N3/c13-8-1-2-9(10(14)4-8)12-3-7(5-15)11(16)6-17-12/h1-4,6H,16H2. The molecule has 0 fully saturated rings. The van der Waals surface area contributed by atoms with Crippen molar-refractivity contribution < 1.29 is 0 Å². The van der Waals surface area contributed by atoms with Gasteiger partial charge in [0.1, 0.15) is 6.07 Å². The molecule has 5 heteroatoms. The van der Waals surface area contributed by atoms with E-state index in [9.17, 15) is 0 Å². The van der Waals surface area contributed by atoms with Crippen molar-refractivity contribution in [1.29, 1.82) is 5.26 Å². The van der Waals surface area contributed by atoms with Crippen LogP contribution in [-0.4, -0.2) is 4.98 Å². The number of nitrogen functional groups attached to an aromatic ring is 1. The van der Waals surface area contributed by atoms with Gasteiger partial charge >= 0.3 is 0 Å². The fourth-order valence-corrected chi connectivity index (χ4v) is 1.91. The summed E-state index contributed by atoms with van der Waals surface area (Å²) >= 11 is 11.9. The molecule has 2 N–H and O–H groups in total. The van der Waals surface area contributed by atoms with Gasteiger partial charge in [-0.05, 0) is 24.3 Å². The van der Waals surface area contributed by atoms with Crippen molar-refractivity contribution in [2.75, 3.05) is 5.73 Å². The molecule has 0 saturated carbocycles. The molecular weight excluding hydrogens is 257 g/mol. The fourth-order valence-electron chi connectivity index (χ4n) is 1.41. The van der Waals surface area contributed by atoms with Crippen LogP contribution in [0.5, 0.6) is 0 Å². The zero-order chi connectivity index (χ0) is 12.4. The number of nitrogens with zero attached hydrogens (tertiary/aromatic N) is 2. The number of anilines is 1. The van der Waals surface area contributed by atoms with Crippen LogP contribution in [0.2, 0.25) is 10.0 Å². The smallest absolute Gasteiger partial charge is 0.101 e. The second-order valence-electron chi connectivity index (χ2n) is 3.39. The first kappa shape index (κ1) is 11.7. The van der Waals surface area contributed by atoms with Crippen molar-refractivity contribution in [1.82, 2.24) is 4.98 Å². The van der Waals surface area contributed by atoms with Gasteiger partial charge in [0.25, 0.3) is 0 Å². The Morgan fingerprint density at radius 2 is 2.00 bits per heavy atom. The summed E-state index contributed by atoms with van der Waals surface area (Å²) in [6.07, 6.45) is 1.44. The lowest BCUT2D eigenvalue weighted by Crippen LogP contribution is -1.94. The van der Waals surface area contributed by atoms with Gasteiger partial charge in [-0.15, -0.1) is 0 Å². The molecule has 0 bridgehead atoms. The van der Waals surface area contributed by atoms with Crippen LogP contribution in [0.3, 0.4) is 0 Å². The van der Waals surface area contributed by atoms with E-state index in [4.69, 9.17) is 34.2 Å². The van der Waals surface area contributed by atoms with E-state index < -0.39 is 0 Å². The first-order valence-corrected chi connectivity index (χ1v) is 5.48. The van der Waals surface area contributed by atoms with Crippen molar-refractivity contribution >= 4 is 28.9 Å². The highest BCUT2D eigenvalue weighted by atomic mass is 35.5. The minimum atomic E-state index is 0.348. The van der Waals surface area contributed by atoms with Crippen LogP contribution in [0, 0.1) is 11.3 Å². The predicted molar refractivity (Wildman–Crippen MR) is 68.8 cm³/mol. The molecule has 1 aromatic carbocycles. The van der Waals surface area contributed by atoms with Crippen LogP contribution in [0.15, 0.2) is 30.5 Å². The molecule has 17 heavy (non-hydrogen) atoms. The van der Waals surface area contributed by atoms with Crippen LogP contribution < -0.4 is 5.73 Å². The third-order valence-corrected chi connectivity index (χ3v) is 2.81. The van der Waals surface area contributed by atoms with Crippen LogP contribution in [0.4, 0.5) is 5.69 Å². The number of nitriles is 1. The van der Waals surface area contributed by atoms with Crippen LogP contribution in [0.25, 0.3) is 11.3 Å². The summed E-state index contributed by atoms with van der Waals surface area (Å²) in [6, 6.07) is 8.70. The summed E-state index contributed by atoms with van der Waals surface area (Å²) in [5, 5.41) is 9.93. The lowest BCUT2D eigenvalue weighted by atomic mass is 10.1. The molecular formula is C12H7Cl2N3. The molecule has 0 aliphatic rings. The Morgan fingerprint density at radius 1 is 1.24 bits per heavy atom. The average molecular weight is 264 g/mol. The molecule has 2 aromatic rings. The number of nitrogens with two attached hydrogens (primary N) is 1. The minimum absolute atomic E-state index is 0.348. The van der Waals surface area contributed by atoms with E-state index in [1.54, 1.807) is 24.3 Å². The maximum atomic E-state index is 8.89. The second kappa shape index (κ2) is 4.62. The Hall–Kier alpha value is -1.76. The van der Waals surface area contributed by atoms with E-state index in [2.05, 4.69) is 4.98 Å². The highest BCUT2D eigenvalue weighted by Crippen LogP contribution is 2.30. The van der Waals surface area contributed by atoms with Crippen molar-refractivity contribution in [3.05, 3.63) is 46.1 Å². The molecule has 0 radical (unpaired) electrons. The van der Waals surface area contributed by atoms with Gasteiger partial charge in [-0.3, -0.25) is 4.98 Å². The number of aromatic nitrogens is 1. The van der Waals surface area contributed by atoms with Crippen molar-refractivity contribution in [3.8, 4) is 17.3 Å². The van der Waals surface area contributed by atoms with Gasteiger partial charge in [-0.25, -0.2) is 0 Å². The van der Waals surface area contributed by atoms with E-state index in [1.165, 1.54) is 6.20 Å². The largest absolute Gasteiger partial charge is 0.396 e. The normalized spacial score (nSPS) is 9.94. The van der Waals surface area contributed by atoms with Gasteiger partial charge in [0.15, 0.2) is 0 Å². The van der Waals surface area contributed by atoms with Crippen LogP contribution in [0.1, 0.15) is 5.56 Å². The molecule has 0 spiro atoms. The average Bonchev–Trinajstić information content (AvgIpc) is 2.30. The summed E-state index contributed by atoms with van der Waals surface area (Å²) in [5.41, 5.74) is 7.64. The van der Waals surface area contributed by atoms with Crippen molar-refractivity contribution in [3.63, 3.8) is 0 Å². The Morgan fingerprint density at radius 3 is 2.65 bits per heavy atom. The Labute approximate surface area is 108 Å². The molecule has 0 aliphatic carbocycles. The van der Waals surface area contributed by atoms with Gasteiger partial charge in [0.05, 0.1) is 28.2 Å². The Kier molecular flexibility index (Phi) is 3.19. The maximum absolute atomic E-state index is 8.89. The zero-order valence-corrected chi connectivity index (χ0v) is 10.1. The van der Waals surface area contributed by atoms with E-state index in [0.29, 0.717) is 32.6 Å². The molecule has 0 saturated heterocycles. The van der Waals surface area contributed by atoms with E-state index >= 15 is 0 Å². The van der Waals surface area contributed by atoms with E-state index in [1.807, 2.05) is 6.07 Å². The Bertz CT molecular complexity index is 618. The molecule has 0 unspecified atom stereocenters. The molecule has 0 amide bonds. The molecule has 2 rings (SSSR count). The SMILES string of the molecule is N#Cc1cc(-c2ccc(Cl)cc2Cl)ncc1N. The number of hydrogen-bond acceptors (Lipinski definition) is 3. The number of rotatable bonds is 1. The predicted octanol–water partition coefficient (Wildman–Crippen LogP) is 3.51. The van der Waals surface area contributed by atoms with E-state index in [-0.39, 0.29) is 0 Å². The monoisotopic (exact) mass is 263 g/mol. The third-order valence-electron chi connectivity index (χ3n) is 2.26. The summed E-state index contributed by atoms with van der Waals surface area (Å²) in [5.74, 6) is 0. The van der Waals surface area contributed by atoms with Gasteiger partial charge in [0, 0.05) is 10.6 Å². The summed E-state index contributed by atoms with van der Waals surface area (Å²) in [7, 11) is 0.